The lowest BCUT2D eigenvalue weighted by Gasteiger charge is -2.36. The average molecular weight is 193 g/mol. The molecule has 2 heteroatoms. The van der Waals surface area contributed by atoms with Crippen LogP contribution in [0.5, 0.6) is 0 Å². The van der Waals surface area contributed by atoms with E-state index in [2.05, 4.69) is 30.9 Å². The molecule has 1 N–H and O–H groups in total. The number of likely N-dealkylation sites (N-methyl/N-ethyl adjacent to an activating group) is 1. The monoisotopic (exact) mass is 193 g/mol. The van der Waals surface area contributed by atoms with Gasteiger partial charge in [0.1, 0.15) is 0 Å². The summed E-state index contributed by atoms with van der Waals surface area (Å²) >= 11 is 0. The van der Waals surface area contributed by atoms with Crippen LogP contribution in [0.2, 0.25) is 0 Å². The summed E-state index contributed by atoms with van der Waals surface area (Å²) in [5, 5.41) is 9.49. The van der Waals surface area contributed by atoms with E-state index in [4.69, 9.17) is 0 Å². The summed E-state index contributed by atoms with van der Waals surface area (Å²) in [5.74, 6) is 0. The van der Waals surface area contributed by atoms with E-state index >= 15 is 0 Å². The molecule has 0 spiro atoms. The van der Waals surface area contributed by atoms with Crippen molar-refractivity contribution in [2.24, 2.45) is 0 Å². The van der Waals surface area contributed by atoms with Crippen molar-refractivity contribution < 1.29 is 5.11 Å². The first-order chi connectivity index (χ1) is 6.52. The van der Waals surface area contributed by atoms with Crippen molar-refractivity contribution in [2.75, 3.05) is 20.7 Å². The molecule has 0 bridgehead atoms. The summed E-state index contributed by atoms with van der Waals surface area (Å²) in [6, 6.07) is 8.18. The molecular formula is C12H19NO. The second-order valence-corrected chi connectivity index (χ2v) is 4.14. The number of hydrogen-bond donors (Lipinski definition) is 1. The van der Waals surface area contributed by atoms with E-state index in [0.29, 0.717) is 0 Å². The predicted molar refractivity (Wildman–Crippen MR) is 59.3 cm³/mol. The third-order valence-corrected chi connectivity index (χ3v) is 3.02. The van der Waals surface area contributed by atoms with Gasteiger partial charge in [-0.1, -0.05) is 24.3 Å². The first-order valence-electron chi connectivity index (χ1n) is 4.87. The molecule has 0 radical (unpaired) electrons. The van der Waals surface area contributed by atoms with Gasteiger partial charge in [0.2, 0.25) is 0 Å². The minimum Gasteiger partial charge on any atom is -0.394 e. The zero-order valence-corrected chi connectivity index (χ0v) is 9.41. The molecule has 0 aliphatic carbocycles. The lowest BCUT2D eigenvalue weighted by Crippen LogP contribution is -2.42. The first kappa shape index (κ1) is 11.2. The molecule has 0 saturated carbocycles. The number of nitrogens with zero attached hydrogens (tertiary/aromatic N) is 1. The highest BCUT2D eigenvalue weighted by atomic mass is 16.3. The van der Waals surface area contributed by atoms with Crippen molar-refractivity contribution in [3.05, 3.63) is 35.4 Å². The SMILES string of the molecule is Cc1ccccc1[C@@](C)(CO)N(C)C. The van der Waals surface area contributed by atoms with Gasteiger partial charge >= 0.3 is 0 Å². The highest BCUT2D eigenvalue weighted by Gasteiger charge is 2.29. The number of aliphatic hydroxyl groups is 1. The standard InChI is InChI=1S/C12H19NO/c1-10-7-5-6-8-11(10)12(2,9-14)13(3)4/h5-8,14H,9H2,1-4H3/t12-/m1/s1. The minimum atomic E-state index is -0.286. The Bertz CT molecular complexity index is 309. The smallest absolute Gasteiger partial charge is 0.0663 e. The number of hydrogen-bond acceptors (Lipinski definition) is 2. The molecule has 0 amide bonds. The van der Waals surface area contributed by atoms with Gasteiger partial charge in [-0.05, 0) is 39.1 Å². The van der Waals surface area contributed by atoms with Crippen molar-refractivity contribution in [1.29, 1.82) is 0 Å². The molecule has 0 heterocycles. The lowest BCUT2D eigenvalue weighted by molar-refractivity contribution is 0.0821. The molecule has 1 rings (SSSR count). The molecule has 2 nitrogen and oxygen atoms in total. The summed E-state index contributed by atoms with van der Waals surface area (Å²) < 4.78 is 0. The normalized spacial score (nSPS) is 15.6. The summed E-state index contributed by atoms with van der Waals surface area (Å²) in [6.07, 6.45) is 0. The molecule has 1 atom stereocenters. The maximum Gasteiger partial charge on any atom is 0.0663 e. The molecule has 0 fully saturated rings. The summed E-state index contributed by atoms with van der Waals surface area (Å²) in [7, 11) is 3.98. The Kier molecular flexibility index (Phi) is 3.29. The van der Waals surface area contributed by atoms with Crippen LogP contribution in [-0.4, -0.2) is 30.7 Å². The van der Waals surface area contributed by atoms with Crippen LogP contribution < -0.4 is 0 Å². The first-order valence-corrected chi connectivity index (χ1v) is 4.87. The van der Waals surface area contributed by atoms with Gasteiger partial charge < -0.3 is 5.11 Å². The second-order valence-electron chi connectivity index (χ2n) is 4.14. The van der Waals surface area contributed by atoms with E-state index in [9.17, 15) is 5.11 Å². The number of rotatable bonds is 3. The lowest BCUT2D eigenvalue weighted by atomic mass is 9.88. The van der Waals surface area contributed by atoms with Gasteiger partial charge in [0, 0.05) is 0 Å². The van der Waals surface area contributed by atoms with E-state index in [1.54, 1.807) is 0 Å². The quantitative estimate of drug-likeness (QED) is 0.790. The number of aryl methyl sites for hydroxylation is 1. The molecule has 0 saturated heterocycles. The highest BCUT2D eigenvalue weighted by Crippen LogP contribution is 2.27. The topological polar surface area (TPSA) is 23.5 Å². The third-order valence-electron chi connectivity index (χ3n) is 3.02. The number of benzene rings is 1. The molecule has 1 aromatic carbocycles. The van der Waals surface area contributed by atoms with Gasteiger partial charge in [0.15, 0.2) is 0 Å². The Labute approximate surface area is 86.2 Å². The molecule has 0 unspecified atom stereocenters. The number of aliphatic hydroxyl groups excluding tert-OH is 1. The zero-order valence-electron chi connectivity index (χ0n) is 9.41. The van der Waals surface area contributed by atoms with Gasteiger partial charge in [-0.25, -0.2) is 0 Å². The van der Waals surface area contributed by atoms with E-state index < -0.39 is 0 Å². The maximum absolute atomic E-state index is 9.49. The molecule has 0 aliphatic heterocycles. The predicted octanol–water partition coefficient (Wildman–Crippen LogP) is 1.76. The van der Waals surface area contributed by atoms with Crippen LogP contribution in [0.15, 0.2) is 24.3 Å². The molecule has 0 aliphatic rings. The van der Waals surface area contributed by atoms with E-state index in [0.717, 1.165) is 0 Å². The van der Waals surface area contributed by atoms with Crippen LogP contribution in [0, 0.1) is 6.92 Å². The summed E-state index contributed by atoms with van der Waals surface area (Å²) in [4.78, 5) is 2.05. The Hall–Kier alpha value is -0.860. The second kappa shape index (κ2) is 4.11. The highest BCUT2D eigenvalue weighted by molar-refractivity contribution is 5.32. The van der Waals surface area contributed by atoms with Crippen molar-refractivity contribution in [3.63, 3.8) is 0 Å². The van der Waals surface area contributed by atoms with Crippen molar-refractivity contribution in [2.45, 2.75) is 19.4 Å². The average Bonchev–Trinajstić information content (AvgIpc) is 2.17. The van der Waals surface area contributed by atoms with Crippen molar-refractivity contribution >= 4 is 0 Å². The Balaban J connectivity index is 3.19. The Morgan fingerprint density at radius 2 is 1.86 bits per heavy atom. The van der Waals surface area contributed by atoms with Crippen LogP contribution in [0.25, 0.3) is 0 Å². The summed E-state index contributed by atoms with van der Waals surface area (Å²) in [6.45, 7) is 4.26. The van der Waals surface area contributed by atoms with Gasteiger partial charge in [0.25, 0.3) is 0 Å². The van der Waals surface area contributed by atoms with Crippen molar-refractivity contribution in [1.82, 2.24) is 4.90 Å². The van der Waals surface area contributed by atoms with Crippen LogP contribution in [0.1, 0.15) is 18.1 Å². The maximum atomic E-state index is 9.49. The van der Waals surface area contributed by atoms with Crippen LogP contribution in [0.4, 0.5) is 0 Å². The molecular weight excluding hydrogens is 174 g/mol. The van der Waals surface area contributed by atoms with Crippen LogP contribution in [0.3, 0.4) is 0 Å². The molecule has 14 heavy (non-hydrogen) atoms. The van der Waals surface area contributed by atoms with E-state index in [1.165, 1.54) is 11.1 Å². The molecule has 78 valence electrons. The van der Waals surface area contributed by atoms with Gasteiger partial charge in [-0.15, -0.1) is 0 Å². The largest absolute Gasteiger partial charge is 0.394 e. The zero-order chi connectivity index (χ0) is 10.8. The minimum absolute atomic E-state index is 0.130. The molecule has 0 aromatic heterocycles. The van der Waals surface area contributed by atoms with Gasteiger partial charge in [0.05, 0.1) is 12.1 Å². The van der Waals surface area contributed by atoms with Gasteiger partial charge in [-0.3, -0.25) is 4.90 Å². The third kappa shape index (κ3) is 1.81. The fourth-order valence-electron chi connectivity index (χ4n) is 1.64. The van der Waals surface area contributed by atoms with E-state index in [1.807, 2.05) is 26.2 Å². The Morgan fingerprint density at radius 1 is 1.29 bits per heavy atom. The van der Waals surface area contributed by atoms with Crippen LogP contribution >= 0.6 is 0 Å². The van der Waals surface area contributed by atoms with Crippen LogP contribution in [-0.2, 0) is 5.54 Å². The van der Waals surface area contributed by atoms with E-state index in [-0.39, 0.29) is 12.1 Å². The van der Waals surface area contributed by atoms with Gasteiger partial charge in [-0.2, -0.15) is 0 Å². The Morgan fingerprint density at radius 3 is 2.29 bits per heavy atom. The fourth-order valence-corrected chi connectivity index (χ4v) is 1.64. The summed E-state index contributed by atoms with van der Waals surface area (Å²) in [5.41, 5.74) is 2.12. The van der Waals surface area contributed by atoms with Crippen molar-refractivity contribution in [3.8, 4) is 0 Å². The fraction of sp³-hybridized carbons (Fsp3) is 0.500. The molecule has 1 aromatic rings.